The molecular weight excluding hydrogens is 377 g/mol. The van der Waals surface area contributed by atoms with Gasteiger partial charge in [-0.25, -0.2) is 0 Å². The maximum Gasteiger partial charge on any atom is 0.266 e. The molecule has 0 atom stereocenters. The second kappa shape index (κ2) is 7.48. The van der Waals surface area contributed by atoms with Gasteiger partial charge in [0.25, 0.3) is 11.8 Å². The molecule has 1 aliphatic heterocycles. The molecular formula is C18H11Cl2N3O3. The van der Waals surface area contributed by atoms with E-state index in [1.54, 1.807) is 18.2 Å². The first kappa shape index (κ1) is 17.8. The number of rotatable bonds is 3. The van der Waals surface area contributed by atoms with Gasteiger partial charge in [0, 0.05) is 15.7 Å². The Morgan fingerprint density at radius 3 is 2.65 bits per heavy atom. The van der Waals surface area contributed by atoms with Crippen molar-refractivity contribution in [3.63, 3.8) is 0 Å². The molecule has 2 N–H and O–H groups in total. The Kier molecular flexibility index (Phi) is 5.12. The number of hydrogen-bond donors (Lipinski definition) is 2. The summed E-state index contributed by atoms with van der Waals surface area (Å²) in [5.41, 5.74) is 1.29. The quantitative estimate of drug-likeness (QED) is 0.617. The number of nitrogens with one attached hydrogen (secondary N) is 2. The van der Waals surface area contributed by atoms with Gasteiger partial charge in [0.05, 0.1) is 5.69 Å². The third-order valence-corrected chi connectivity index (χ3v) is 3.87. The molecule has 0 saturated heterocycles. The van der Waals surface area contributed by atoms with Gasteiger partial charge in [0.1, 0.15) is 17.4 Å². The lowest BCUT2D eigenvalue weighted by molar-refractivity contribution is -0.118. The van der Waals surface area contributed by atoms with Crippen molar-refractivity contribution < 1.29 is 14.3 Å². The molecule has 0 radical (unpaired) electrons. The van der Waals surface area contributed by atoms with Crippen LogP contribution in [0, 0.1) is 11.3 Å². The molecule has 130 valence electrons. The van der Waals surface area contributed by atoms with E-state index < -0.39 is 5.91 Å². The van der Waals surface area contributed by atoms with Crippen molar-refractivity contribution in [1.82, 2.24) is 0 Å². The van der Waals surface area contributed by atoms with Crippen LogP contribution in [0.2, 0.25) is 10.0 Å². The van der Waals surface area contributed by atoms with Crippen LogP contribution in [0.15, 0.2) is 42.0 Å². The van der Waals surface area contributed by atoms with Crippen molar-refractivity contribution in [3.05, 3.63) is 57.6 Å². The summed E-state index contributed by atoms with van der Waals surface area (Å²) < 4.78 is 5.27. The number of ether oxygens (including phenoxy) is 1. The number of carbonyl (C=O) groups excluding carboxylic acids is 2. The molecule has 2 aromatic carbocycles. The molecule has 0 unspecified atom stereocenters. The van der Waals surface area contributed by atoms with Gasteiger partial charge in [-0.05, 0) is 42.0 Å². The van der Waals surface area contributed by atoms with Gasteiger partial charge >= 0.3 is 0 Å². The summed E-state index contributed by atoms with van der Waals surface area (Å²) in [6, 6.07) is 11.4. The van der Waals surface area contributed by atoms with E-state index in [0.29, 0.717) is 32.7 Å². The third kappa shape index (κ3) is 4.14. The van der Waals surface area contributed by atoms with Crippen molar-refractivity contribution >= 4 is 52.5 Å². The zero-order valence-corrected chi connectivity index (χ0v) is 14.7. The van der Waals surface area contributed by atoms with E-state index in [0.717, 1.165) is 0 Å². The zero-order chi connectivity index (χ0) is 18.7. The van der Waals surface area contributed by atoms with Crippen LogP contribution in [-0.2, 0) is 9.59 Å². The van der Waals surface area contributed by atoms with Crippen LogP contribution >= 0.6 is 23.2 Å². The van der Waals surface area contributed by atoms with Gasteiger partial charge in [0.2, 0.25) is 0 Å². The summed E-state index contributed by atoms with van der Waals surface area (Å²) in [7, 11) is 0. The highest BCUT2D eigenvalue weighted by Gasteiger charge is 2.16. The van der Waals surface area contributed by atoms with Gasteiger partial charge in [-0.2, -0.15) is 5.26 Å². The molecule has 3 rings (SSSR count). The van der Waals surface area contributed by atoms with Gasteiger partial charge in [-0.3, -0.25) is 9.59 Å². The van der Waals surface area contributed by atoms with E-state index >= 15 is 0 Å². The van der Waals surface area contributed by atoms with E-state index in [4.69, 9.17) is 27.9 Å². The zero-order valence-electron chi connectivity index (χ0n) is 13.2. The summed E-state index contributed by atoms with van der Waals surface area (Å²) in [6.45, 7) is -0.0454. The summed E-state index contributed by atoms with van der Waals surface area (Å²) in [6.07, 6.45) is 1.41. The lowest BCUT2D eigenvalue weighted by Gasteiger charge is -2.17. The highest BCUT2D eigenvalue weighted by atomic mass is 35.5. The van der Waals surface area contributed by atoms with Gasteiger partial charge < -0.3 is 15.4 Å². The second-order valence-corrected chi connectivity index (χ2v) is 6.25. The van der Waals surface area contributed by atoms with Crippen LogP contribution in [0.25, 0.3) is 6.08 Å². The normalized spacial score (nSPS) is 13.1. The Labute approximate surface area is 159 Å². The van der Waals surface area contributed by atoms with Crippen molar-refractivity contribution in [2.75, 3.05) is 17.2 Å². The van der Waals surface area contributed by atoms with E-state index in [9.17, 15) is 14.9 Å². The van der Waals surface area contributed by atoms with Crippen LogP contribution in [0.4, 0.5) is 11.4 Å². The first-order valence-corrected chi connectivity index (χ1v) is 8.16. The van der Waals surface area contributed by atoms with Gasteiger partial charge in [-0.1, -0.05) is 29.3 Å². The fraction of sp³-hybridized carbons (Fsp3) is 0.0556. The highest BCUT2D eigenvalue weighted by molar-refractivity contribution is 6.35. The molecule has 0 saturated carbocycles. The van der Waals surface area contributed by atoms with Gasteiger partial charge in [0.15, 0.2) is 6.61 Å². The summed E-state index contributed by atoms with van der Waals surface area (Å²) in [5, 5.41) is 15.3. The minimum Gasteiger partial charge on any atom is -0.482 e. The number of nitrogens with zero attached hydrogens (tertiary/aromatic N) is 1. The van der Waals surface area contributed by atoms with Crippen LogP contribution in [0.5, 0.6) is 5.75 Å². The largest absolute Gasteiger partial charge is 0.482 e. The molecule has 1 aliphatic rings. The van der Waals surface area contributed by atoms with Crippen molar-refractivity contribution in [2.24, 2.45) is 0 Å². The average molecular weight is 388 g/mol. The van der Waals surface area contributed by atoms with Crippen LogP contribution in [-0.4, -0.2) is 18.4 Å². The maximum absolute atomic E-state index is 12.3. The molecule has 2 aromatic rings. The monoisotopic (exact) mass is 387 g/mol. The molecule has 0 bridgehead atoms. The molecule has 1 heterocycles. The Morgan fingerprint density at radius 2 is 1.96 bits per heavy atom. The number of amides is 2. The number of nitriles is 1. The number of anilines is 2. The Morgan fingerprint density at radius 1 is 1.23 bits per heavy atom. The van der Waals surface area contributed by atoms with E-state index in [2.05, 4.69) is 10.6 Å². The molecule has 2 amide bonds. The molecule has 0 fully saturated rings. The Balaban J connectivity index is 1.84. The average Bonchev–Trinajstić information content (AvgIpc) is 2.58. The van der Waals surface area contributed by atoms with Crippen molar-refractivity contribution in [3.8, 4) is 11.8 Å². The van der Waals surface area contributed by atoms with Crippen LogP contribution in [0.3, 0.4) is 0 Å². The van der Waals surface area contributed by atoms with Crippen molar-refractivity contribution in [2.45, 2.75) is 0 Å². The highest BCUT2D eigenvalue weighted by Crippen LogP contribution is 2.29. The summed E-state index contributed by atoms with van der Waals surface area (Å²) >= 11 is 11.8. The van der Waals surface area contributed by atoms with E-state index in [1.165, 1.54) is 24.3 Å². The molecule has 8 heteroatoms. The van der Waals surface area contributed by atoms with Gasteiger partial charge in [-0.15, -0.1) is 0 Å². The molecule has 0 aromatic heterocycles. The standard InChI is InChI=1S/C18H11Cl2N3O3/c19-12-5-13(20)7-14(6-12)22-18(25)11(8-21)3-10-1-2-16-15(4-10)23-17(24)9-26-16/h1-7H,9H2,(H,22,25)(H,23,24)/b11-3-. The third-order valence-electron chi connectivity index (χ3n) is 3.43. The minimum absolute atomic E-state index is 0.0454. The molecule has 0 aliphatic carbocycles. The summed E-state index contributed by atoms with van der Waals surface area (Å²) in [5.74, 6) is -0.350. The Bertz CT molecular complexity index is 960. The lowest BCUT2D eigenvalue weighted by Crippen LogP contribution is -2.25. The topological polar surface area (TPSA) is 91.2 Å². The number of benzene rings is 2. The van der Waals surface area contributed by atoms with Crippen molar-refractivity contribution in [1.29, 1.82) is 5.26 Å². The number of carbonyl (C=O) groups is 2. The predicted molar refractivity (Wildman–Crippen MR) is 99.2 cm³/mol. The van der Waals surface area contributed by atoms with E-state index in [-0.39, 0.29) is 18.1 Å². The number of hydrogen-bond acceptors (Lipinski definition) is 4. The Hall–Kier alpha value is -3.01. The SMILES string of the molecule is N#C/C(=C/c1ccc2c(c1)NC(=O)CO2)C(=O)Nc1cc(Cl)cc(Cl)c1. The number of fused-ring (bicyclic) bond motifs is 1. The second-order valence-electron chi connectivity index (χ2n) is 5.37. The predicted octanol–water partition coefficient (Wildman–Crippen LogP) is 3.87. The summed E-state index contributed by atoms with van der Waals surface area (Å²) in [4.78, 5) is 23.7. The fourth-order valence-electron chi connectivity index (χ4n) is 2.33. The maximum atomic E-state index is 12.3. The number of halogens is 2. The fourth-order valence-corrected chi connectivity index (χ4v) is 2.86. The smallest absolute Gasteiger partial charge is 0.266 e. The minimum atomic E-state index is -0.608. The molecule has 6 nitrogen and oxygen atoms in total. The molecule has 0 spiro atoms. The van der Waals surface area contributed by atoms with E-state index in [1.807, 2.05) is 6.07 Å². The van der Waals surface area contributed by atoms with Crippen LogP contribution < -0.4 is 15.4 Å². The van der Waals surface area contributed by atoms with Crippen LogP contribution in [0.1, 0.15) is 5.56 Å². The first-order valence-electron chi connectivity index (χ1n) is 7.40. The lowest BCUT2D eigenvalue weighted by atomic mass is 10.1. The first-order chi connectivity index (χ1) is 12.4. The molecule has 26 heavy (non-hydrogen) atoms.